The fraction of sp³-hybridized carbons (Fsp3) is 0.375. The van der Waals surface area contributed by atoms with E-state index in [2.05, 4.69) is 4.98 Å². The first-order chi connectivity index (χ1) is 10.3. The molecule has 0 saturated carbocycles. The quantitative estimate of drug-likeness (QED) is 0.934. The molecule has 0 aliphatic carbocycles. The minimum Gasteiger partial charge on any atom is -0.396 e. The van der Waals surface area contributed by atoms with Gasteiger partial charge in [-0.15, -0.1) is 0 Å². The molecule has 1 saturated heterocycles. The number of aliphatic hydroxyl groups excluding tert-OH is 1. The maximum Gasteiger partial charge on any atom is 0.253 e. The van der Waals surface area contributed by atoms with Crippen LogP contribution in [0.2, 0.25) is 0 Å². The molecular formula is C16H19N3O2. The molecule has 0 spiro atoms. The monoisotopic (exact) mass is 285 g/mol. The van der Waals surface area contributed by atoms with Gasteiger partial charge in [0.25, 0.3) is 5.91 Å². The summed E-state index contributed by atoms with van der Waals surface area (Å²) in [5.74, 6) is 0.402. The Morgan fingerprint density at radius 2 is 2.14 bits per heavy atom. The van der Waals surface area contributed by atoms with Gasteiger partial charge in [0.15, 0.2) is 0 Å². The number of nitrogens with zero attached hydrogens (tertiary/aromatic N) is 3. The van der Waals surface area contributed by atoms with Crippen molar-refractivity contribution in [3.05, 3.63) is 48.5 Å². The van der Waals surface area contributed by atoms with Crippen molar-refractivity contribution in [1.82, 2.24) is 14.5 Å². The molecule has 0 bridgehead atoms. The van der Waals surface area contributed by atoms with Crippen LogP contribution >= 0.6 is 0 Å². The third-order valence-electron chi connectivity index (χ3n) is 4.06. The molecule has 0 atom stereocenters. The van der Waals surface area contributed by atoms with Crippen LogP contribution in [-0.4, -0.2) is 45.2 Å². The summed E-state index contributed by atoms with van der Waals surface area (Å²) in [5.41, 5.74) is 1.63. The number of benzene rings is 1. The van der Waals surface area contributed by atoms with E-state index in [1.54, 1.807) is 12.5 Å². The van der Waals surface area contributed by atoms with Crippen molar-refractivity contribution in [2.24, 2.45) is 5.92 Å². The lowest BCUT2D eigenvalue weighted by molar-refractivity contribution is 0.0651. The summed E-state index contributed by atoms with van der Waals surface area (Å²) in [6, 6.07) is 7.59. The van der Waals surface area contributed by atoms with Crippen molar-refractivity contribution in [1.29, 1.82) is 0 Å². The summed E-state index contributed by atoms with van der Waals surface area (Å²) < 4.78 is 1.88. The number of imidazole rings is 1. The molecule has 2 aromatic rings. The summed E-state index contributed by atoms with van der Waals surface area (Å²) >= 11 is 0. The number of hydrogen-bond acceptors (Lipinski definition) is 3. The number of aromatic nitrogens is 2. The summed E-state index contributed by atoms with van der Waals surface area (Å²) in [5, 5.41) is 9.16. The molecule has 110 valence electrons. The standard InChI is InChI=1S/C16H19N3O2/c20-11-13-4-7-18(8-5-13)16(21)14-2-1-3-15(10-14)19-9-6-17-12-19/h1-3,6,9-10,12-13,20H,4-5,7-8,11H2. The molecule has 2 heterocycles. The Labute approximate surface area is 123 Å². The van der Waals surface area contributed by atoms with Crippen LogP contribution in [0.25, 0.3) is 5.69 Å². The predicted molar refractivity (Wildman–Crippen MR) is 79.3 cm³/mol. The van der Waals surface area contributed by atoms with E-state index in [1.807, 2.05) is 39.9 Å². The van der Waals surface area contributed by atoms with Crippen molar-refractivity contribution in [2.45, 2.75) is 12.8 Å². The number of rotatable bonds is 3. The summed E-state index contributed by atoms with van der Waals surface area (Å²) in [7, 11) is 0. The lowest BCUT2D eigenvalue weighted by Crippen LogP contribution is -2.39. The first-order valence-corrected chi connectivity index (χ1v) is 7.26. The highest BCUT2D eigenvalue weighted by Crippen LogP contribution is 2.19. The fourth-order valence-corrected chi connectivity index (χ4v) is 2.71. The second-order valence-electron chi connectivity index (χ2n) is 5.44. The maximum atomic E-state index is 12.6. The molecule has 1 aliphatic rings. The predicted octanol–water partition coefficient (Wildman–Crippen LogP) is 1.72. The van der Waals surface area contributed by atoms with Crippen molar-refractivity contribution in [3.63, 3.8) is 0 Å². The Morgan fingerprint density at radius 1 is 1.33 bits per heavy atom. The Bertz CT molecular complexity index is 602. The van der Waals surface area contributed by atoms with Crippen molar-refractivity contribution < 1.29 is 9.90 Å². The molecule has 3 rings (SSSR count). The average molecular weight is 285 g/mol. The highest BCUT2D eigenvalue weighted by molar-refractivity contribution is 5.94. The number of carbonyl (C=O) groups is 1. The average Bonchev–Trinajstić information content (AvgIpc) is 3.09. The Balaban J connectivity index is 1.75. The number of aliphatic hydroxyl groups is 1. The van der Waals surface area contributed by atoms with Crippen LogP contribution in [0.1, 0.15) is 23.2 Å². The highest BCUT2D eigenvalue weighted by Gasteiger charge is 2.23. The van der Waals surface area contributed by atoms with Gasteiger partial charge in [0, 0.05) is 43.3 Å². The third-order valence-corrected chi connectivity index (χ3v) is 4.06. The fourth-order valence-electron chi connectivity index (χ4n) is 2.71. The zero-order valence-electron chi connectivity index (χ0n) is 11.9. The Kier molecular flexibility index (Phi) is 4.01. The molecule has 1 N–H and O–H groups in total. The lowest BCUT2D eigenvalue weighted by Gasteiger charge is -2.31. The molecular weight excluding hydrogens is 266 g/mol. The molecule has 0 radical (unpaired) electrons. The first kappa shape index (κ1) is 13.8. The van der Waals surface area contributed by atoms with Crippen molar-refractivity contribution in [3.8, 4) is 5.69 Å². The molecule has 0 unspecified atom stereocenters. The van der Waals surface area contributed by atoms with Gasteiger partial charge in [-0.25, -0.2) is 4.98 Å². The van der Waals surface area contributed by atoms with Crippen LogP contribution in [0.15, 0.2) is 43.0 Å². The maximum absolute atomic E-state index is 12.6. The van der Waals surface area contributed by atoms with E-state index in [-0.39, 0.29) is 12.5 Å². The minimum atomic E-state index is 0.0633. The second kappa shape index (κ2) is 6.10. The van der Waals surface area contributed by atoms with Gasteiger partial charge in [0.05, 0.1) is 6.33 Å². The van der Waals surface area contributed by atoms with Gasteiger partial charge < -0.3 is 14.6 Å². The number of hydrogen-bond donors (Lipinski definition) is 1. The van der Waals surface area contributed by atoms with Crippen LogP contribution in [0.3, 0.4) is 0 Å². The van der Waals surface area contributed by atoms with Crippen molar-refractivity contribution >= 4 is 5.91 Å². The van der Waals surface area contributed by atoms with Gasteiger partial charge in [-0.1, -0.05) is 6.07 Å². The molecule has 5 heteroatoms. The van der Waals surface area contributed by atoms with Crippen LogP contribution < -0.4 is 0 Å². The highest BCUT2D eigenvalue weighted by atomic mass is 16.3. The van der Waals surface area contributed by atoms with Crippen molar-refractivity contribution in [2.75, 3.05) is 19.7 Å². The molecule has 1 aliphatic heterocycles. The van der Waals surface area contributed by atoms with Gasteiger partial charge in [-0.3, -0.25) is 4.79 Å². The smallest absolute Gasteiger partial charge is 0.253 e. The first-order valence-electron chi connectivity index (χ1n) is 7.26. The topological polar surface area (TPSA) is 58.4 Å². The third kappa shape index (κ3) is 2.97. The number of likely N-dealkylation sites (tertiary alicyclic amines) is 1. The van der Waals surface area contributed by atoms with Crippen LogP contribution in [0.4, 0.5) is 0 Å². The van der Waals surface area contributed by atoms with Crippen LogP contribution in [0.5, 0.6) is 0 Å². The summed E-state index contributed by atoms with van der Waals surface area (Å²) in [4.78, 5) is 18.5. The molecule has 1 aromatic carbocycles. The molecule has 1 fully saturated rings. The van der Waals surface area contributed by atoms with E-state index in [0.717, 1.165) is 31.6 Å². The van der Waals surface area contributed by atoms with Gasteiger partial charge in [0.2, 0.25) is 0 Å². The summed E-state index contributed by atoms with van der Waals surface area (Å²) in [6.45, 7) is 1.66. The van der Waals surface area contributed by atoms with E-state index < -0.39 is 0 Å². The molecule has 1 amide bonds. The largest absolute Gasteiger partial charge is 0.396 e. The van der Waals surface area contributed by atoms with Gasteiger partial charge >= 0.3 is 0 Å². The normalized spacial score (nSPS) is 16.1. The van der Waals surface area contributed by atoms with Gasteiger partial charge in [-0.05, 0) is 37.0 Å². The Hall–Kier alpha value is -2.14. The molecule has 1 aromatic heterocycles. The van der Waals surface area contributed by atoms with E-state index in [1.165, 1.54) is 0 Å². The van der Waals surface area contributed by atoms with Gasteiger partial charge in [-0.2, -0.15) is 0 Å². The summed E-state index contributed by atoms with van der Waals surface area (Å²) in [6.07, 6.45) is 7.05. The molecule has 21 heavy (non-hydrogen) atoms. The van der Waals surface area contributed by atoms with Crippen LogP contribution in [-0.2, 0) is 0 Å². The lowest BCUT2D eigenvalue weighted by atomic mass is 9.97. The number of piperidine rings is 1. The molecule has 5 nitrogen and oxygen atoms in total. The van der Waals surface area contributed by atoms with E-state index in [4.69, 9.17) is 5.11 Å². The van der Waals surface area contributed by atoms with Gasteiger partial charge in [0.1, 0.15) is 0 Å². The SMILES string of the molecule is O=C(c1cccc(-n2ccnc2)c1)N1CCC(CO)CC1. The van der Waals surface area contributed by atoms with Crippen LogP contribution in [0, 0.1) is 5.92 Å². The zero-order chi connectivity index (χ0) is 14.7. The van der Waals surface area contributed by atoms with E-state index >= 15 is 0 Å². The second-order valence-corrected chi connectivity index (χ2v) is 5.44. The Morgan fingerprint density at radius 3 is 2.81 bits per heavy atom. The number of amides is 1. The van der Waals surface area contributed by atoms with E-state index in [0.29, 0.717) is 11.5 Å². The number of carbonyl (C=O) groups excluding carboxylic acids is 1. The minimum absolute atomic E-state index is 0.0633. The zero-order valence-corrected chi connectivity index (χ0v) is 11.9. The van der Waals surface area contributed by atoms with E-state index in [9.17, 15) is 4.79 Å².